The number of thiocarbonyl (C=S) groups is 1. The second-order valence-corrected chi connectivity index (χ2v) is 4.58. The fraction of sp³-hybridized carbons (Fsp3) is 0.182. The first-order chi connectivity index (χ1) is 8.54. The molecule has 1 spiro atoms. The molecule has 1 amide bonds. The molecule has 0 unspecified atom stereocenters. The number of benzene rings is 1. The minimum atomic E-state index is -1.22. The van der Waals surface area contributed by atoms with Gasteiger partial charge in [0.25, 0.3) is 5.91 Å². The Morgan fingerprint density at radius 1 is 1.44 bits per heavy atom. The Balaban J connectivity index is 2.27. The number of aliphatic imine (C=N–C) groups is 1. The molecule has 1 aromatic rings. The standard InChI is InChI=1S/C11H11N5OS/c1-16-7-5-3-2-4-6(7)11(8(16)17)14-9(12)13-10(18)15-11/h2-5H,1H3,(H4,12,13,14,15,18)/t11-/m0/s1. The van der Waals surface area contributed by atoms with Gasteiger partial charge in [0.2, 0.25) is 5.66 Å². The van der Waals surface area contributed by atoms with Crippen molar-refractivity contribution >= 4 is 34.9 Å². The molecule has 0 fully saturated rings. The van der Waals surface area contributed by atoms with E-state index in [1.165, 1.54) is 0 Å². The number of para-hydroxylation sites is 1. The third kappa shape index (κ3) is 1.25. The smallest absolute Gasteiger partial charge is 0.280 e. The van der Waals surface area contributed by atoms with Gasteiger partial charge in [-0.25, -0.2) is 4.99 Å². The van der Waals surface area contributed by atoms with Gasteiger partial charge in [-0.3, -0.25) is 4.79 Å². The Morgan fingerprint density at radius 2 is 2.17 bits per heavy atom. The highest BCUT2D eigenvalue weighted by atomic mass is 32.1. The molecule has 92 valence electrons. The van der Waals surface area contributed by atoms with Gasteiger partial charge in [0, 0.05) is 12.6 Å². The average molecular weight is 261 g/mol. The number of guanidine groups is 1. The second-order valence-electron chi connectivity index (χ2n) is 4.17. The molecule has 0 radical (unpaired) electrons. The largest absolute Gasteiger partial charge is 0.370 e. The second kappa shape index (κ2) is 3.42. The minimum Gasteiger partial charge on any atom is -0.370 e. The summed E-state index contributed by atoms with van der Waals surface area (Å²) in [4.78, 5) is 18.2. The molecule has 1 aromatic carbocycles. The molecule has 2 aliphatic rings. The summed E-state index contributed by atoms with van der Waals surface area (Å²) in [5.74, 6) is -0.0623. The molecule has 4 N–H and O–H groups in total. The molecule has 1 atom stereocenters. The van der Waals surface area contributed by atoms with Crippen LogP contribution in [0.1, 0.15) is 5.56 Å². The van der Waals surface area contributed by atoms with Crippen LogP contribution in [-0.4, -0.2) is 24.0 Å². The van der Waals surface area contributed by atoms with E-state index >= 15 is 0 Å². The zero-order valence-corrected chi connectivity index (χ0v) is 10.4. The Hall–Kier alpha value is -2.15. The highest BCUT2D eigenvalue weighted by Crippen LogP contribution is 2.40. The van der Waals surface area contributed by atoms with Crippen molar-refractivity contribution in [1.29, 1.82) is 0 Å². The maximum absolute atomic E-state index is 12.4. The summed E-state index contributed by atoms with van der Waals surface area (Å²) in [6.45, 7) is 0. The first-order valence-electron chi connectivity index (χ1n) is 5.37. The summed E-state index contributed by atoms with van der Waals surface area (Å²) in [6.07, 6.45) is 0. The first kappa shape index (κ1) is 11.0. The number of nitrogens with one attached hydrogen (secondary N) is 2. The molecule has 6 nitrogen and oxygen atoms in total. The lowest BCUT2D eigenvalue weighted by molar-refractivity contribution is -0.123. The van der Waals surface area contributed by atoms with E-state index in [0.717, 1.165) is 11.3 Å². The maximum atomic E-state index is 12.4. The molecule has 2 aliphatic heterocycles. The van der Waals surface area contributed by atoms with Crippen molar-refractivity contribution in [2.45, 2.75) is 5.66 Å². The zero-order valence-electron chi connectivity index (χ0n) is 9.60. The van der Waals surface area contributed by atoms with Crippen LogP contribution in [0.4, 0.5) is 5.69 Å². The number of likely N-dealkylation sites (N-methyl/N-ethyl adjacent to an activating group) is 1. The van der Waals surface area contributed by atoms with Crippen LogP contribution in [0.5, 0.6) is 0 Å². The van der Waals surface area contributed by atoms with Gasteiger partial charge < -0.3 is 21.3 Å². The Bertz CT molecular complexity index is 599. The van der Waals surface area contributed by atoms with Crippen LogP contribution in [0.15, 0.2) is 29.3 Å². The number of rotatable bonds is 0. The number of anilines is 1. The Morgan fingerprint density at radius 3 is 2.89 bits per heavy atom. The van der Waals surface area contributed by atoms with Crippen molar-refractivity contribution in [2.75, 3.05) is 11.9 Å². The molecule has 0 saturated heterocycles. The number of nitrogens with two attached hydrogens (primary N) is 1. The molecule has 7 heteroatoms. The summed E-state index contributed by atoms with van der Waals surface area (Å²) in [6, 6.07) is 7.43. The predicted octanol–water partition coefficient (Wildman–Crippen LogP) is -0.392. The van der Waals surface area contributed by atoms with Crippen molar-refractivity contribution in [2.24, 2.45) is 10.7 Å². The highest BCUT2D eigenvalue weighted by molar-refractivity contribution is 7.80. The quantitative estimate of drug-likeness (QED) is 0.554. The fourth-order valence-electron chi connectivity index (χ4n) is 2.32. The number of carbonyl (C=O) groups excluding carboxylic acids is 1. The number of hydrogen-bond donors (Lipinski definition) is 3. The number of fused-ring (bicyclic) bond motifs is 2. The van der Waals surface area contributed by atoms with E-state index in [0.29, 0.717) is 5.11 Å². The van der Waals surface area contributed by atoms with Crippen LogP contribution in [0.25, 0.3) is 0 Å². The Kier molecular flexibility index (Phi) is 2.09. The van der Waals surface area contributed by atoms with Crippen LogP contribution in [-0.2, 0) is 10.5 Å². The van der Waals surface area contributed by atoms with Crippen molar-refractivity contribution in [1.82, 2.24) is 10.6 Å². The van der Waals surface area contributed by atoms with Crippen LogP contribution in [0.3, 0.4) is 0 Å². The van der Waals surface area contributed by atoms with Crippen LogP contribution in [0, 0.1) is 0 Å². The molecule has 0 aliphatic carbocycles. The SMILES string of the molecule is CN1C(=O)[C@]2(N=C(N)NC(=S)N2)c2ccccc21. The van der Waals surface area contributed by atoms with Gasteiger partial charge >= 0.3 is 0 Å². The van der Waals surface area contributed by atoms with E-state index in [4.69, 9.17) is 18.0 Å². The molecule has 0 bridgehead atoms. The van der Waals surface area contributed by atoms with E-state index in [-0.39, 0.29) is 11.9 Å². The Labute approximate surface area is 109 Å². The minimum absolute atomic E-state index is 0.136. The van der Waals surface area contributed by atoms with E-state index in [1.54, 1.807) is 11.9 Å². The normalized spacial score (nSPS) is 25.6. The maximum Gasteiger partial charge on any atom is 0.280 e. The molecule has 18 heavy (non-hydrogen) atoms. The predicted molar refractivity (Wildman–Crippen MR) is 72.0 cm³/mol. The molecule has 2 heterocycles. The molecular formula is C11H11N5OS. The third-order valence-corrected chi connectivity index (χ3v) is 3.30. The lowest BCUT2D eigenvalue weighted by Crippen LogP contribution is -2.61. The topological polar surface area (TPSA) is 82.8 Å². The molecule has 0 saturated carbocycles. The fourth-order valence-corrected chi connectivity index (χ4v) is 2.57. The summed E-state index contributed by atoms with van der Waals surface area (Å²) in [7, 11) is 1.70. The number of hydrogen-bond acceptors (Lipinski definition) is 4. The monoisotopic (exact) mass is 261 g/mol. The van der Waals surface area contributed by atoms with Crippen LogP contribution in [0.2, 0.25) is 0 Å². The lowest BCUT2D eigenvalue weighted by atomic mass is 10.0. The van der Waals surface area contributed by atoms with E-state index < -0.39 is 5.66 Å². The van der Waals surface area contributed by atoms with Crippen LogP contribution < -0.4 is 21.3 Å². The molecular weight excluding hydrogens is 250 g/mol. The van der Waals surface area contributed by atoms with Crippen molar-refractivity contribution in [3.05, 3.63) is 29.8 Å². The molecule has 3 rings (SSSR count). The zero-order chi connectivity index (χ0) is 12.9. The van der Waals surface area contributed by atoms with Crippen molar-refractivity contribution in [3.63, 3.8) is 0 Å². The number of carbonyl (C=O) groups is 1. The van der Waals surface area contributed by atoms with Gasteiger partial charge in [0.05, 0.1) is 5.69 Å². The van der Waals surface area contributed by atoms with Gasteiger partial charge in [0.1, 0.15) is 0 Å². The summed E-state index contributed by atoms with van der Waals surface area (Å²) in [5.41, 5.74) is 6.02. The number of amides is 1. The van der Waals surface area contributed by atoms with Gasteiger partial charge in [-0.15, -0.1) is 0 Å². The highest BCUT2D eigenvalue weighted by Gasteiger charge is 2.52. The van der Waals surface area contributed by atoms with E-state index in [1.807, 2.05) is 24.3 Å². The number of nitrogens with zero attached hydrogens (tertiary/aromatic N) is 2. The first-order valence-corrected chi connectivity index (χ1v) is 5.77. The molecule has 0 aromatic heterocycles. The summed E-state index contributed by atoms with van der Waals surface area (Å²) in [5, 5.41) is 5.89. The van der Waals surface area contributed by atoms with Crippen molar-refractivity contribution in [3.8, 4) is 0 Å². The summed E-state index contributed by atoms with van der Waals surface area (Å²) >= 11 is 5.06. The van der Waals surface area contributed by atoms with Gasteiger partial charge in [0.15, 0.2) is 11.1 Å². The van der Waals surface area contributed by atoms with E-state index in [9.17, 15) is 4.79 Å². The average Bonchev–Trinajstić information content (AvgIpc) is 2.52. The third-order valence-electron chi connectivity index (χ3n) is 3.09. The summed E-state index contributed by atoms with van der Waals surface area (Å²) < 4.78 is 0. The van der Waals surface area contributed by atoms with Gasteiger partial charge in [-0.2, -0.15) is 0 Å². The van der Waals surface area contributed by atoms with Gasteiger partial charge in [-0.05, 0) is 18.3 Å². The van der Waals surface area contributed by atoms with Crippen molar-refractivity contribution < 1.29 is 4.79 Å². The van der Waals surface area contributed by atoms with Gasteiger partial charge in [-0.1, -0.05) is 18.2 Å². The lowest BCUT2D eigenvalue weighted by Gasteiger charge is -2.31. The van der Waals surface area contributed by atoms with E-state index in [2.05, 4.69) is 15.6 Å². The van der Waals surface area contributed by atoms with Crippen LogP contribution >= 0.6 is 12.2 Å².